The predicted molar refractivity (Wildman–Crippen MR) is 82.9 cm³/mol. The molecule has 2 atom stereocenters. The van der Waals surface area contributed by atoms with Crippen molar-refractivity contribution < 1.29 is 9.59 Å². The van der Waals surface area contributed by atoms with Gasteiger partial charge in [-0.15, -0.1) is 0 Å². The first-order valence-corrected chi connectivity index (χ1v) is 8.31. The first-order chi connectivity index (χ1) is 10.0. The molecule has 2 amide bonds. The van der Waals surface area contributed by atoms with Gasteiger partial charge < -0.3 is 15.1 Å². The van der Waals surface area contributed by atoms with Gasteiger partial charge in [0.15, 0.2) is 0 Å². The molecule has 2 aliphatic heterocycles. The maximum absolute atomic E-state index is 12.9. The smallest absolute Gasteiger partial charge is 0.245 e. The van der Waals surface area contributed by atoms with Crippen molar-refractivity contribution in [1.29, 1.82) is 0 Å². The number of nitrogens with zero attached hydrogens (tertiary/aromatic N) is 2. The Morgan fingerprint density at radius 3 is 2.52 bits per heavy atom. The summed E-state index contributed by atoms with van der Waals surface area (Å²) in [5, 5.41) is 3.27. The monoisotopic (exact) mass is 295 g/mol. The van der Waals surface area contributed by atoms with Gasteiger partial charge in [0.1, 0.15) is 6.04 Å². The minimum absolute atomic E-state index is 0.0372. The van der Waals surface area contributed by atoms with Gasteiger partial charge in [0.25, 0.3) is 0 Å². The Kier molecular flexibility index (Phi) is 5.62. The lowest BCUT2D eigenvalue weighted by molar-refractivity contribution is -0.150. The highest BCUT2D eigenvalue weighted by Crippen LogP contribution is 2.22. The van der Waals surface area contributed by atoms with E-state index in [1.165, 1.54) is 0 Å². The molecule has 0 saturated carbocycles. The molecule has 21 heavy (non-hydrogen) atoms. The topological polar surface area (TPSA) is 52.7 Å². The van der Waals surface area contributed by atoms with Gasteiger partial charge in [-0.25, -0.2) is 0 Å². The molecule has 2 saturated heterocycles. The Morgan fingerprint density at radius 2 is 1.86 bits per heavy atom. The van der Waals surface area contributed by atoms with Crippen LogP contribution in [0, 0.1) is 5.92 Å². The van der Waals surface area contributed by atoms with Crippen LogP contribution in [0.1, 0.15) is 46.0 Å². The predicted octanol–water partition coefficient (Wildman–Crippen LogP) is 1.23. The van der Waals surface area contributed by atoms with E-state index in [2.05, 4.69) is 5.32 Å². The average Bonchev–Trinajstić information content (AvgIpc) is 2.53. The minimum atomic E-state index is -0.232. The highest BCUT2D eigenvalue weighted by molar-refractivity contribution is 5.88. The summed E-state index contributed by atoms with van der Waals surface area (Å²) in [7, 11) is 1.95. The zero-order valence-corrected chi connectivity index (χ0v) is 13.6. The van der Waals surface area contributed by atoms with E-state index in [9.17, 15) is 9.59 Å². The van der Waals surface area contributed by atoms with Gasteiger partial charge in [0.05, 0.1) is 0 Å². The molecule has 0 bridgehead atoms. The van der Waals surface area contributed by atoms with Gasteiger partial charge in [-0.1, -0.05) is 13.8 Å². The Morgan fingerprint density at radius 1 is 1.10 bits per heavy atom. The van der Waals surface area contributed by atoms with Crippen LogP contribution in [0.15, 0.2) is 0 Å². The number of carbonyl (C=O) groups is 2. The molecule has 0 spiro atoms. The van der Waals surface area contributed by atoms with E-state index in [4.69, 9.17) is 0 Å². The van der Waals surface area contributed by atoms with Crippen molar-refractivity contribution >= 4 is 11.8 Å². The highest BCUT2D eigenvalue weighted by Gasteiger charge is 2.36. The number of hydrogen-bond donors (Lipinski definition) is 1. The van der Waals surface area contributed by atoms with E-state index in [0.29, 0.717) is 6.04 Å². The van der Waals surface area contributed by atoms with Crippen LogP contribution in [-0.4, -0.2) is 60.4 Å². The van der Waals surface area contributed by atoms with Gasteiger partial charge in [-0.3, -0.25) is 9.59 Å². The standard InChI is InChI=1S/C16H29N3O2/c1-12(2)15(20)19-10-5-4-8-14(19)16(21)18-9-6-7-13(11-18)17-3/h12-14,17H,4-11H2,1-3H3. The van der Waals surface area contributed by atoms with Crippen molar-refractivity contribution in [3.63, 3.8) is 0 Å². The number of amides is 2. The Balaban J connectivity index is 2.06. The summed E-state index contributed by atoms with van der Waals surface area (Å²) >= 11 is 0. The second-order valence-electron chi connectivity index (χ2n) is 6.61. The number of piperidine rings is 2. The first kappa shape index (κ1) is 16.3. The number of hydrogen-bond acceptors (Lipinski definition) is 3. The molecule has 0 aromatic rings. The summed E-state index contributed by atoms with van der Waals surface area (Å²) < 4.78 is 0. The molecule has 1 N–H and O–H groups in total. The van der Waals surface area contributed by atoms with Crippen molar-refractivity contribution in [1.82, 2.24) is 15.1 Å². The maximum atomic E-state index is 12.9. The van der Waals surface area contributed by atoms with E-state index >= 15 is 0 Å². The summed E-state index contributed by atoms with van der Waals surface area (Å²) in [6.07, 6.45) is 5.04. The van der Waals surface area contributed by atoms with Crippen LogP contribution < -0.4 is 5.32 Å². The third-order valence-electron chi connectivity index (χ3n) is 4.71. The van der Waals surface area contributed by atoms with Crippen molar-refractivity contribution in [2.75, 3.05) is 26.7 Å². The number of nitrogens with one attached hydrogen (secondary N) is 1. The van der Waals surface area contributed by atoms with Gasteiger partial charge in [0, 0.05) is 31.6 Å². The number of rotatable bonds is 3. The molecule has 2 heterocycles. The molecule has 0 aromatic carbocycles. The van der Waals surface area contributed by atoms with E-state index in [1.54, 1.807) is 0 Å². The summed E-state index contributed by atoms with van der Waals surface area (Å²) in [5.74, 6) is 0.240. The van der Waals surface area contributed by atoms with Crippen molar-refractivity contribution in [3.05, 3.63) is 0 Å². The second-order valence-corrected chi connectivity index (χ2v) is 6.61. The Labute approximate surface area is 128 Å². The van der Waals surface area contributed by atoms with Crippen LogP contribution in [0.4, 0.5) is 0 Å². The molecule has 5 nitrogen and oxygen atoms in total. The molecular formula is C16H29N3O2. The highest BCUT2D eigenvalue weighted by atomic mass is 16.2. The zero-order valence-electron chi connectivity index (χ0n) is 13.6. The summed E-state index contributed by atoms with van der Waals surface area (Å²) in [6.45, 7) is 6.16. The molecule has 0 aromatic heterocycles. The lowest BCUT2D eigenvalue weighted by atomic mass is 9.97. The first-order valence-electron chi connectivity index (χ1n) is 8.31. The quantitative estimate of drug-likeness (QED) is 0.852. The largest absolute Gasteiger partial charge is 0.339 e. The minimum Gasteiger partial charge on any atom is -0.339 e. The Hall–Kier alpha value is -1.10. The third-order valence-corrected chi connectivity index (χ3v) is 4.71. The van der Waals surface area contributed by atoms with E-state index < -0.39 is 0 Å². The summed E-state index contributed by atoms with van der Waals surface area (Å²) in [5.41, 5.74) is 0. The van der Waals surface area contributed by atoms with Gasteiger partial charge in [-0.05, 0) is 39.2 Å². The molecule has 0 aliphatic carbocycles. The van der Waals surface area contributed by atoms with Crippen molar-refractivity contribution in [3.8, 4) is 0 Å². The summed E-state index contributed by atoms with van der Waals surface area (Å²) in [4.78, 5) is 29.0. The summed E-state index contributed by atoms with van der Waals surface area (Å²) in [6, 6.07) is 0.157. The number of likely N-dealkylation sites (N-methyl/N-ethyl adjacent to an activating group) is 1. The fraction of sp³-hybridized carbons (Fsp3) is 0.875. The zero-order chi connectivity index (χ0) is 15.4. The Bertz CT molecular complexity index is 384. The van der Waals surface area contributed by atoms with Crippen LogP contribution in [0.25, 0.3) is 0 Å². The molecule has 2 aliphatic rings. The number of carbonyl (C=O) groups excluding carboxylic acids is 2. The molecule has 5 heteroatoms. The van der Waals surface area contributed by atoms with Gasteiger partial charge >= 0.3 is 0 Å². The normalized spacial score (nSPS) is 27.0. The van der Waals surface area contributed by atoms with Crippen LogP contribution in [0.5, 0.6) is 0 Å². The van der Waals surface area contributed by atoms with E-state index in [0.717, 1.165) is 51.7 Å². The molecular weight excluding hydrogens is 266 g/mol. The molecule has 120 valence electrons. The fourth-order valence-electron chi connectivity index (χ4n) is 3.41. The van der Waals surface area contributed by atoms with E-state index in [1.807, 2.05) is 30.7 Å². The van der Waals surface area contributed by atoms with Crippen molar-refractivity contribution in [2.24, 2.45) is 5.92 Å². The van der Waals surface area contributed by atoms with Crippen LogP contribution in [0.2, 0.25) is 0 Å². The maximum Gasteiger partial charge on any atom is 0.245 e. The van der Waals surface area contributed by atoms with Crippen LogP contribution >= 0.6 is 0 Å². The fourth-order valence-corrected chi connectivity index (χ4v) is 3.41. The van der Waals surface area contributed by atoms with Gasteiger partial charge in [-0.2, -0.15) is 0 Å². The van der Waals surface area contributed by atoms with E-state index in [-0.39, 0.29) is 23.8 Å². The molecule has 2 fully saturated rings. The van der Waals surface area contributed by atoms with Crippen LogP contribution in [0.3, 0.4) is 0 Å². The molecule has 2 unspecified atom stereocenters. The van der Waals surface area contributed by atoms with Gasteiger partial charge in [0.2, 0.25) is 11.8 Å². The second kappa shape index (κ2) is 7.25. The SMILES string of the molecule is CNC1CCCN(C(=O)C2CCCCN2C(=O)C(C)C)C1. The lowest BCUT2D eigenvalue weighted by Crippen LogP contribution is -2.57. The molecule has 2 rings (SSSR count). The number of likely N-dealkylation sites (tertiary alicyclic amines) is 2. The lowest BCUT2D eigenvalue weighted by Gasteiger charge is -2.41. The van der Waals surface area contributed by atoms with Crippen LogP contribution in [-0.2, 0) is 9.59 Å². The van der Waals surface area contributed by atoms with Crippen molar-refractivity contribution in [2.45, 2.75) is 58.0 Å². The average molecular weight is 295 g/mol. The molecule has 0 radical (unpaired) electrons. The third kappa shape index (κ3) is 3.76.